The molecule has 0 unspecified atom stereocenters. The third kappa shape index (κ3) is 7.31. The van der Waals surface area contributed by atoms with Gasteiger partial charge in [-0.15, -0.1) is 0 Å². The third-order valence-corrected chi connectivity index (χ3v) is 7.11. The van der Waals surface area contributed by atoms with Crippen molar-refractivity contribution in [3.63, 3.8) is 0 Å². The van der Waals surface area contributed by atoms with Gasteiger partial charge in [-0.25, -0.2) is 17.1 Å². The number of aliphatic imine (C=N–C) groups is 1. The van der Waals surface area contributed by atoms with E-state index in [4.69, 9.17) is 0 Å². The van der Waals surface area contributed by atoms with Gasteiger partial charge >= 0.3 is 0 Å². The van der Waals surface area contributed by atoms with E-state index in [1.54, 1.807) is 22.1 Å². The number of hydrogen-bond acceptors (Lipinski definition) is 4. The topological polar surface area (TPSA) is 73.8 Å². The van der Waals surface area contributed by atoms with Gasteiger partial charge in [0.05, 0.1) is 12.3 Å². The minimum atomic E-state index is -3.25. The molecule has 1 aromatic carbocycles. The number of nitrogens with one attached hydrogen (secondary N) is 2. The van der Waals surface area contributed by atoms with E-state index in [1.807, 2.05) is 13.8 Å². The summed E-state index contributed by atoms with van der Waals surface area (Å²) in [6.07, 6.45) is 0.736. The number of sulfonamides is 1. The Morgan fingerprint density at radius 1 is 1.30 bits per heavy atom. The number of nitrogens with zero attached hydrogens (tertiary/aromatic N) is 2. The summed E-state index contributed by atoms with van der Waals surface area (Å²) in [6.45, 7) is 6.58. The summed E-state index contributed by atoms with van der Waals surface area (Å²) < 4.78 is 39.5. The Hall–Kier alpha value is -1.32. The number of rotatable bonds is 8. The molecule has 0 saturated carbocycles. The zero-order valence-corrected chi connectivity index (χ0v) is 17.6. The molecule has 0 radical (unpaired) electrons. The molecule has 9 heteroatoms. The van der Waals surface area contributed by atoms with E-state index < -0.39 is 10.0 Å². The van der Waals surface area contributed by atoms with Crippen LogP contribution in [0.25, 0.3) is 0 Å². The Labute approximate surface area is 166 Å². The van der Waals surface area contributed by atoms with Crippen LogP contribution in [-0.4, -0.2) is 68.7 Å². The van der Waals surface area contributed by atoms with Gasteiger partial charge in [0.1, 0.15) is 5.82 Å². The maximum absolute atomic E-state index is 13.2. The first kappa shape index (κ1) is 22.0. The lowest BCUT2D eigenvalue weighted by atomic mass is 10.1. The summed E-state index contributed by atoms with van der Waals surface area (Å²) in [5.41, 5.74) is 2.00. The van der Waals surface area contributed by atoms with Crippen molar-refractivity contribution in [3.8, 4) is 0 Å². The minimum absolute atomic E-state index is 0.0192. The van der Waals surface area contributed by atoms with Crippen LogP contribution in [0.3, 0.4) is 0 Å². The molecule has 1 saturated heterocycles. The molecule has 2 N–H and O–H groups in total. The molecular formula is C18H29FN4O2S2. The number of guanidine groups is 1. The second-order valence-corrected chi connectivity index (χ2v) is 9.65. The summed E-state index contributed by atoms with van der Waals surface area (Å²) in [6, 6.07) is 4.78. The summed E-state index contributed by atoms with van der Waals surface area (Å²) in [5, 5.41) is 6.34. The molecule has 1 fully saturated rings. The Bertz CT molecular complexity index is 735. The van der Waals surface area contributed by atoms with Gasteiger partial charge in [0, 0.05) is 37.7 Å². The third-order valence-electron chi connectivity index (χ3n) is 4.32. The predicted molar refractivity (Wildman–Crippen MR) is 112 cm³/mol. The van der Waals surface area contributed by atoms with Crippen molar-refractivity contribution in [2.24, 2.45) is 4.99 Å². The van der Waals surface area contributed by atoms with Crippen LogP contribution in [0.2, 0.25) is 0 Å². The van der Waals surface area contributed by atoms with Crippen LogP contribution in [0.5, 0.6) is 0 Å². The quantitative estimate of drug-likeness (QED) is 0.498. The first-order valence-electron chi connectivity index (χ1n) is 9.25. The SMILES string of the molecule is CCNC(=NCCS(=O)(=O)N1CCSCC1)NCCc1ccc(F)cc1C. The van der Waals surface area contributed by atoms with Crippen LogP contribution in [0.4, 0.5) is 4.39 Å². The second-order valence-electron chi connectivity index (χ2n) is 6.34. The maximum Gasteiger partial charge on any atom is 0.215 e. The van der Waals surface area contributed by atoms with Crippen molar-refractivity contribution in [2.45, 2.75) is 20.3 Å². The van der Waals surface area contributed by atoms with Crippen molar-refractivity contribution >= 4 is 27.7 Å². The van der Waals surface area contributed by atoms with Crippen LogP contribution in [-0.2, 0) is 16.4 Å². The lowest BCUT2D eigenvalue weighted by Crippen LogP contribution is -2.41. The highest BCUT2D eigenvalue weighted by Gasteiger charge is 2.23. The van der Waals surface area contributed by atoms with Crippen LogP contribution in [0.15, 0.2) is 23.2 Å². The molecular weight excluding hydrogens is 387 g/mol. The van der Waals surface area contributed by atoms with Crippen molar-refractivity contribution < 1.29 is 12.8 Å². The van der Waals surface area contributed by atoms with E-state index >= 15 is 0 Å². The molecule has 0 atom stereocenters. The molecule has 1 heterocycles. The van der Waals surface area contributed by atoms with Gasteiger partial charge in [0.25, 0.3) is 0 Å². The Morgan fingerprint density at radius 3 is 2.70 bits per heavy atom. The molecule has 0 aliphatic carbocycles. The first-order valence-corrected chi connectivity index (χ1v) is 12.0. The Kier molecular flexibility index (Phi) is 8.85. The molecule has 0 spiro atoms. The molecule has 0 aromatic heterocycles. The highest BCUT2D eigenvalue weighted by Crippen LogP contribution is 2.13. The van der Waals surface area contributed by atoms with Crippen molar-refractivity contribution in [1.82, 2.24) is 14.9 Å². The largest absolute Gasteiger partial charge is 0.357 e. The van der Waals surface area contributed by atoms with Crippen LogP contribution in [0.1, 0.15) is 18.1 Å². The number of thioether (sulfide) groups is 1. The van der Waals surface area contributed by atoms with E-state index in [9.17, 15) is 12.8 Å². The van der Waals surface area contributed by atoms with Gasteiger partial charge < -0.3 is 10.6 Å². The standard InChI is InChI=1S/C18H29FN4O2S2/c1-3-20-18(21-7-6-16-4-5-17(19)14-15(16)2)22-8-13-27(24,25)23-9-11-26-12-10-23/h4-5,14H,3,6-13H2,1-2H3,(H2,20,21,22). The van der Waals surface area contributed by atoms with E-state index in [0.29, 0.717) is 32.1 Å². The average Bonchev–Trinajstić information content (AvgIpc) is 2.64. The molecule has 0 bridgehead atoms. The molecule has 6 nitrogen and oxygen atoms in total. The summed E-state index contributed by atoms with van der Waals surface area (Å²) in [4.78, 5) is 4.38. The average molecular weight is 417 g/mol. The van der Waals surface area contributed by atoms with E-state index in [0.717, 1.165) is 29.1 Å². The number of hydrogen-bond donors (Lipinski definition) is 2. The number of halogens is 1. The van der Waals surface area contributed by atoms with Gasteiger partial charge in [0.2, 0.25) is 10.0 Å². The van der Waals surface area contributed by atoms with Crippen LogP contribution < -0.4 is 10.6 Å². The van der Waals surface area contributed by atoms with Gasteiger partial charge in [0.15, 0.2) is 5.96 Å². The highest BCUT2D eigenvalue weighted by molar-refractivity contribution is 7.99. The Balaban J connectivity index is 1.84. The van der Waals surface area contributed by atoms with Gasteiger partial charge in [-0.1, -0.05) is 6.07 Å². The fourth-order valence-corrected chi connectivity index (χ4v) is 5.28. The van der Waals surface area contributed by atoms with Crippen molar-refractivity contribution in [1.29, 1.82) is 0 Å². The fourth-order valence-electron chi connectivity index (χ4n) is 2.82. The monoisotopic (exact) mass is 416 g/mol. The zero-order valence-electron chi connectivity index (χ0n) is 16.0. The molecule has 1 aromatic rings. The van der Waals surface area contributed by atoms with Crippen LogP contribution >= 0.6 is 11.8 Å². The van der Waals surface area contributed by atoms with E-state index in [2.05, 4.69) is 15.6 Å². The molecule has 1 aliphatic heterocycles. The molecule has 1 aliphatic rings. The number of benzene rings is 1. The smallest absolute Gasteiger partial charge is 0.215 e. The highest BCUT2D eigenvalue weighted by atomic mass is 32.2. The normalized spacial score (nSPS) is 16.3. The van der Waals surface area contributed by atoms with E-state index in [-0.39, 0.29) is 18.1 Å². The lowest BCUT2D eigenvalue weighted by molar-refractivity contribution is 0.444. The molecule has 0 amide bonds. The lowest BCUT2D eigenvalue weighted by Gasteiger charge is -2.25. The van der Waals surface area contributed by atoms with Crippen molar-refractivity contribution in [2.75, 3.05) is 50.0 Å². The molecule has 27 heavy (non-hydrogen) atoms. The summed E-state index contributed by atoms with van der Waals surface area (Å²) in [7, 11) is -3.25. The summed E-state index contributed by atoms with van der Waals surface area (Å²) >= 11 is 1.78. The van der Waals surface area contributed by atoms with Gasteiger partial charge in [-0.05, 0) is 43.5 Å². The van der Waals surface area contributed by atoms with Gasteiger partial charge in [-0.3, -0.25) is 4.99 Å². The summed E-state index contributed by atoms with van der Waals surface area (Å²) in [5.74, 6) is 2.10. The number of aryl methyl sites for hydroxylation is 1. The van der Waals surface area contributed by atoms with E-state index in [1.165, 1.54) is 12.1 Å². The predicted octanol–water partition coefficient (Wildman–Crippen LogP) is 1.61. The van der Waals surface area contributed by atoms with Gasteiger partial charge in [-0.2, -0.15) is 11.8 Å². The second kappa shape index (κ2) is 10.9. The first-order chi connectivity index (χ1) is 12.9. The minimum Gasteiger partial charge on any atom is -0.357 e. The zero-order chi connectivity index (χ0) is 19.7. The fraction of sp³-hybridized carbons (Fsp3) is 0.611. The molecule has 2 rings (SSSR count). The molecule has 152 valence electrons. The Morgan fingerprint density at radius 2 is 2.04 bits per heavy atom. The van der Waals surface area contributed by atoms with Crippen molar-refractivity contribution in [3.05, 3.63) is 35.1 Å². The van der Waals surface area contributed by atoms with Crippen LogP contribution in [0, 0.1) is 12.7 Å². The maximum atomic E-state index is 13.2.